The molecule has 0 aliphatic rings. The molecule has 0 aromatic heterocycles. The fourth-order valence-electron chi connectivity index (χ4n) is 8.44. The standard InChI is InChI=1S/C63H112O6/c1-4-7-10-13-16-19-22-25-28-30-31-33-36-38-41-44-47-50-53-56-62(65)68-59-60(69-63(66)57-54-51-48-45-42-39-34-27-24-21-18-15-12-9-6-3)58-67-61(64)55-52-49-46-43-40-37-35-32-29-26-23-20-17-14-11-8-5-2/h17,20,25-29,34-35,37,60H,4-16,18-19,21-24,30-33,36,38-59H2,1-3H3/b20-17-,28-25-,29-26-,34-27-,37-35-/t60-/m1/s1. The molecule has 400 valence electrons. The molecule has 0 heterocycles. The maximum Gasteiger partial charge on any atom is 0.306 e. The number of carbonyl (C=O) groups is 3. The molecule has 0 saturated carbocycles. The molecule has 1 atom stereocenters. The molecule has 0 amide bonds. The van der Waals surface area contributed by atoms with Gasteiger partial charge in [-0.2, -0.15) is 0 Å². The minimum atomic E-state index is -0.789. The van der Waals surface area contributed by atoms with Crippen molar-refractivity contribution in [3.05, 3.63) is 60.8 Å². The summed E-state index contributed by atoms with van der Waals surface area (Å²) in [6.45, 7) is 6.60. The Morgan fingerprint density at radius 3 is 0.855 bits per heavy atom. The van der Waals surface area contributed by atoms with Crippen LogP contribution in [0.4, 0.5) is 0 Å². The third-order valence-corrected chi connectivity index (χ3v) is 13.0. The van der Waals surface area contributed by atoms with Crippen LogP contribution in [0.25, 0.3) is 0 Å². The van der Waals surface area contributed by atoms with Gasteiger partial charge in [-0.3, -0.25) is 14.4 Å². The molecule has 0 aromatic carbocycles. The third-order valence-electron chi connectivity index (χ3n) is 13.0. The van der Waals surface area contributed by atoms with Crippen molar-refractivity contribution in [2.24, 2.45) is 0 Å². The van der Waals surface area contributed by atoms with Crippen LogP contribution < -0.4 is 0 Å². The fraction of sp³-hybridized carbons (Fsp3) is 0.794. The zero-order valence-corrected chi connectivity index (χ0v) is 45.8. The Bertz CT molecular complexity index is 1250. The largest absolute Gasteiger partial charge is 0.462 e. The van der Waals surface area contributed by atoms with Crippen LogP contribution in [0.1, 0.15) is 303 Å². The molecule has 0 aliphatic heterocycles. The van der Waals surface area contributed by atoms with Crippen molar-refractivity contribution in [2.75, 3.05) is 13.2 Å². The van der Waals surface area contributed by atoms with Crippen LogP contribution in [-0.2, 0) is 28.6 Å². The van der Waals surface area contributed by atoms with Crippen LogP contribution in [0.3, 0.4) is 0 Å². The lowest BCUT2D eigenvalue weighted by Crippen LogP contribution is -2.30. The van der Waals surface area contributed by atoms with Gasteiger partial charge in [-0.1, -0.05) is 236 Å². The van der Waals surface area contributed by atoms with Crippen LogP contribution in [0.5, 0.6) is 0 Å². The zero-order chi connectivity index (χ0) is 50.0. The lowest BCUT2D eigenvalue weighted by atomic mass is 10.1. The topological polar surface area (TPSA) is 78.9 Å². The van der Waals surface area contributed by atoms with Crippen molar-refractivity contribution < 1.29 is 28.6 Å². The van der Waals surface area contributed by atoms with Crippen molar-refractivity contribution in [3.63, 3.8) is 0 Å². The Morgan fingerprint density at radius 2 is 0.522 bits per heavy atom. The molecule has 69 heavy (non-hydrogen) atoms. The number of hydrogen-bond acceptors (Lipinski definition) is 6. The van der Waals surface area contributed by atoms with Gasteiger partial charge in [0.25, 0.3) is 0 Å². The van der Waals surface area contributed by atoms with Crippen molar-refractivity contribution in [1.29, 1.82) is 0 Å². The van der Waals surface area contributed by atoms with Crippen LogP contribution in [-0.4, -0.2) is 37.2 Å². The van der Waals surface area contributed by atoms with Gasteiger partial charge in [0.05, 0.1) is 0 Å². The number of hydrogen-bond donors (Lipinski definition) is 0. The number of ether oxygens (including phenoxy) is 3. The monoisotopic (exact) mass is 965 g/mol. The highest BCUT2D eigenvalue weighted by Gasteiger charge is 2.19. The zero-order valence-electron chi connectivity index (χ0n) is 45.8. The first kappa shape index (κ1) is 66.1. The molecule has 0 unspecified atom stereocenters. The van der Waals surface area contributed by atoms with Gasteiger partial charge in [-0.05, 0) is 109 Å². The molecule has 6 nitrogen and oxygen atoms in total. The van der Waals surface area contributed by atoms with Crippen LogP contribution in [0, 0.1) is 0 Å². The molecule has 0 fully saturated rings. The highest BCUT2D eigenvalue weighted by Crippen LogP contribution is 2.15. The summed E-state index contributed by atoms with van der Waals surface area (Å²) in [5.74, 6) is -0.906. The van der Waals surface area contributed by atoms with Crippen LogP contribution in [0.2, 0.25) is 0 Å². The Kier molecular flexibility index (Phi) is 55.3. The van der Waals surface area contributed by atoms with E-state index in [9.17, 15) is 14.4 Å². The molecular weight excluding hydrogens is 853 g/mol. The summed E-state index contributed by atoms with van der Waals surface area (Å²) in [7, 11) is 0. The van der Waals surface area contributed by atoms with E-state index in [-0.39, 0.29) is 31.1 Å². The molecule has 0 aliphatic carbocycles. The first-order valence-electron chi connectivity index (χ1n) is 29.8. The van der Waals surface area contributed by atoms with E-state index in [1.807, 2.05) is 0 Å². The van der Waals surface area contributed by atoms with E-state index in [1.54, 1.807) is 0 Å². The van der Waals surface area contributed by atoms with Crippen molar-refractivity contribution in [3.8, 4) is 0 Å². The predicted octanol–water partition coefficient (Wildman–Crippen LogP) is 20.0. The van der Waals surface area contributed by atoms with Crippen molar-refractivity contribution in [1.82, 2.24) is 0 Å². The van der Waals surface area contributed by atoms with Gasteiger partial charge in [0.1, 0.15) is 13.2 Å². The number of rotatable bonds is 54. The third kappa shape index (κ3) is 55.9. The molecule has 0 spiro atoms. The second-order valence-corrected chi connectivity index (χ2v) is 19.9. The number of carbonyl (C=O) groups excluding carboxylic acids is 3. The average molecular weight is 966 g/mol. The second-order valence-electron chi connectivity index (χ2n) is 19.9. The van der Waals surface area contributed by atoms with E-state index in [4.69, 9.17) is 14.2 Å². The highest BCUT2D eigenvalue weighted by atomic mass is 16.6. The average Bonchev–Trinajstić information content (AvgIpc) is 3.35. The number of unbranched alkanes of at least 4 members (excludes halogenated alkanes) is 33. The van der Waals surface area contributed by atoms with Gasteiger partial charge < -0.3 is 14.2 Å². The van der Waals surface area contributed by atoms with Gasteiger partial charge in [0.15, 0.2) is 6.10 Å². The molecule has 6 heteroatoms. The SMILES string of the molecule is CCCCC/C=C\C/C=C\C/C=C\CCCCCCC(=O)OC[C@H](COC(=O)CCCCCCCCCCC/C=C\CCCCCCCC)OC(=O)CCCCCCC/C=C\CCCCCCCC. The molecule has 0 saturated heterocycles. The Morgan fingerprint density at radius 1 is 0.290 bits per heavy atom. The van der Waals surface area contributed by atoms with Crippen molar-refractivity contribution in [2.45, 2.75) is 309 Å². The molecule has 0 N–H and O–H groups in total. The summed E-state index contributed by atoms with van der Waals surface area (Å²) in [5, 5.41) is 0. The first-order valence-corrected chi connectivity index (χ1v) is 29.8. The van der Waals surface area contributed by atoms with Gasteiger partial charge in [0.2, 0.25) is 0 Å². The Labute approximate surface area is 428 Å². The summed E-state index contributed by atoms with van der Waals surface area (Å²) in [4.78, 5) is 38.2. The number of allylic oxidation sites excluding steroid dienone is 10. The summed E-state index contributed by atoms with van der Waals surface area (Å²) in [6, 6.07) is 0. The molecule has 0 aromatic rings. The summed E-state index contributed by atoms with van der Waals surface area (Å²) >= 11 is 0. The van der Waals surface area contributed by atoms with E-state index in [1.165, 1.54) is 167 Å². The Hall–Kier alpha value is -2.89. The van der Waals surface area contributed by atoms with E-state index in [0.29, 0.717) is 19.3 Å². The van der Waals surface area contributed by atoms with Crippen LogP contribution >= 0.6 is 0 Å². The Balaban J connectivity index is 4.40. The first-order chi connectivity index (χ1) is 34.0. The molecule has 0 bridgehead atoms. The van der Waals surface area contributed by atoms with Gasteiger partial charge >= 0.3 is 17.9 Å². The van der Waals surface area contributed by atoms with Gasteiger partial charge in [-0.15, -0.1) is 0 Å². The maximum absolute atomic E-state index is 12.9. The minimum absolute atomic E-state index is 0.0847. The predicted molar refractivity (Wildman–Crippen MR) is 298 cm³/mol. The van der Waals surface area contributed by atoms with E-state index in [0.717, 1.165) is 96.3 Å². The highest BCUT2D eigenvalue weighted by molar-refractivity contribution is 5.71. The quantitative estimate of drug-likeness (QED) is 0.0262. The van der Waals surface area contributed by atoms with Crippen LogP contribution in [0.15, 0.2) is 60.8 Å². The smallest absolute Gasteiger partial charge is 0.306 e. The van der Waals surface area contributed by atoms with Gasteiger partial charge in [0, 0.05) is 19.3 Å². The second kappa shape index (κ2) is 57.7. The lowest BCUT2D eigenvalue weighted by molar-refractivity contribution is -0.167. The summed E-state index contributed by atoms with van der Waals surface area (Å²) in [5.41, 5.74) is 0. The van der Waals surface area contributed by atoms with E-state index < -0.39 is 6.10 Å². The lowest BCUT2D eigenvalue weighted by Gasteiger charge is -2.18. The van der Waals surface area contributed by atoms with Gasteiger partial charge in [-0.25, -0.2) is 0 Å². The maximum atomic E-state index is 12.9. The van der Waals surface area contributed by atoms with Crippen molar-refractivity contribution >= 4 is 17.9 Å². The normalized spacial score (nSPS) is 12.4. The van der Waals surface area contributed by atoms with E-state index >= 15 is 0 Å². The fourth-order valence-corrected chi connectivity index (χ4v) is 8.44. The van der Waals surface area contributed by atoms with E-state index in [2.05, 4.69) is 81.5 Å². The molecular formula is C63H112O6. The minimum Gasteiger partial charge on any atom is -0.462 e. The molecule has 0 radical (unpaired) electrons. The summed E-state index contributed by atoms with van der Waals surface area (Å²) < 4.78 is 16.9. The number of esters is 3. The molecule has 0 rings (SSSR count). The summed E-state index contributed by atoms with van der Waals surface area (Å²) in [6.07, 6.45) is 72.1.